The summed E-state index contributed by atoms with van der Waals surface area (Å²) in [5, 5.41) is 4.53. The number of carbonyl (C=O) groups excluding carboxylic acids is 1. The fourth-order valence-corrected chi connectivity index (χ4v) is 1.62. The molecule has 0 aliphatic rings. The third kappa shape index (κ3) is 2.77. The Kier molecular flexibility index (Phi) is 3.33. The van der Waals surface area contributed by atoms with Crippen molar-refractivity contribution < 1.29 is 9.21 Å². The Labute approximate surface area is 104 Å². The third-order valence-corrected chi connectivity index (χ3v) is 2.59. The van der Waals surface area contributed by atoms with E-state index in [0.29, 0.717) is 0 Å². The van der Waals surface area contributed by atoms with Crippen molar-refractivity contribution in [3.63, 3.8) is 0 Å². The molecule has 0 atom stereocenters. The predicted octanol–water partition coefficient (Wildman–Crippen LogP) is 3.14. The van der Waals surface area contributed by atoms with Crippen LogP contribution in [0.4, 0.5) is 0 Å². The van der Waals surface area contributed by atoms with E-state index in [1.54, 1.807) is 12.1 Å². The van der Waals surface area contributed by atoms with Crippen LogP contribution in [0.25, 0.3) is 0 Å². The maximum atomic E-state index is 11.8. The van der Waals surface area contributed by atoms with Gasteiger partial charge in [-0.05, 0) is 43.6 Å². The summed E-state index contributed by atoms with van der Waals surface area (Å²) in [6.07, 6.45) is 2.09. The molecule has 0 saturated carbocycles. The van der Waals surface area contributed by atoms with E-state index in [4.69, 9.17) is 16.0 Å². The lowest BCUT2D eigenvalue weighted by Gasteiger charge is -2.03. The molecule has 2 rings (SSSR count). The standard InChI is InChI=1S/C12H13ClN2O2/c1-8(2)15-6-5-9(14-15)7-10(16)11-3-4-12(13)17-11/h3-6,8H,7H2,1-2H3. The summed E-state index contributed by atoms with van der Waals surface area (Å²) in [7, 11) is 0. The molecule has 0 bridgehead atoms. The molecule has 0 amide bonds. The molecule has 0 spiro atoms. The smallest absolute Gasteiger partial charge is 0.204 e. The van der Waals surface area contributed by atoms with Crippen molar-refractivity contribution in [1.82, 2.24) is 9.78 Å². The molecule has 4 nitrogen and oxygen atoms in total. The normalized spacial score (nSPS) is 11.1. The summed E-state index contributed by atoms with van der Waals surface area (Å²) in [5.41, 5.74) is 0.733. The molecular weight excluding hydrogens is 240 g/mol. The van der Waals surface area contributed by atoms with Gasteiger partial charge in [0.15, 0.2) is 11.0 Å². The van der Waals surface area contributed by atoms with Crippen LogP contribution in [0.3, 0.4) is 0 Å². The van der Waals surface area contributed by atoms with Gasteiger partial charge < -0.3 is 4.42 Å². The minimum atomic E-state index is -0.120. The number of carbonyl (C=O) groups is 1. The minimum Gasteiger partial charge on any atom is -0.442 e. The minimum absolute atomic E-state index is 0.120. The largest absolute Gasteiger partial charge is 0.442 e. The molecule has 2 aromatic heterocycles. The van der Waals surface area contributed by atoms with E-state index < -0.39 is 0 Å². The molecule has 2 heterocycles. The number of aromatic nitrogens is 2. The first-order chi connectivity index (χ1) is 8.06. The van der Waals surface area contributed by atoms with Crippen molar-refractivity contribution in [2.45, 2.75) is 26.3 Å². The van der Waals surface area contributed by atoms with Gasteiger partial charge in [0.25, 0.3) is 0 Å². The summed E-state index contributed by atoms with van der Waals surface area (Å²) in [5.74, 6) is 0.153. The summed E-state index contributed by atoms with van der Waals surface area (Å²) in [6, 6.07) is 5.26. The molecular formula is C12H13ClN2O2. The molecule has 2 aromatic rings. The van der Waals surface area contributed by atoms with Gasteiger partial charge in [0, 0.05) is 12.2 Å². The lowest BCUT2D eigenvalue weighted by Crippen LogP contribution is -2.05. The molecule has 0 aliphatic carbocycles. The van der Waals surface area contributed by atoms with Crippen LogP contribution < -0.4 is 0 Å². The van der Waals surface area contributed by atoms with E-state index in [1.165, 1.54) is 0 Å². The topological polar surface area (TPSA) is 48.0 Å². The Morgan fingerprint density at radius 1 is 1.47 bits per heavy atom. The predicted molar refractivity (Wildman–Crippen MR) is 64.4 cm³/mol. The quantitative estimate of drug-likeness (QED) is 0.786. The Balaban J connectivity index is 2.07. The van der Waals surface area contributed by atoms with Crippen molar-refractivity contribution in [3.8, 4) is 0 Å². The number of furan rings is 1. The highest BCUT2D eigenvalue weighted by molar-refractivity contribution is 6.29. The van der Waals surface area contributed by atoms with Gasteiger partial charge in [0.1, 0.15) is 0 Å². The van der Waals surface area contributed by atoms with Gasteiger partial charge in [-0.1, -0.05) is 0 Å². The second-order valence-electron chi connectivity index (χ2n) is 4.08. The Morgan fingerprint density at radius 3 is 2.76 bits per heavy atom. The van der Waals surface area contributed by atoms with Gasteiger partial charge in [-0.3, -0.25) is 9.48 Å². The van der Waals surface area contributed by atoms with Crippen LogP contribution in [0.2, 0.25) is 5.22 Å². The fraction of sp³-hybridized carbons (Fsp3) is 0.333. The maximum Gasteiger partial charge on any atom is 0.204 e. The van der Waals surface area contributed by atoms with Gasteiger partial charge in [-0.2, -0.15) is 5.10 Å². The summed E-state index contributed by atoms with van der Waals surface area (Å²) < 4.78 is 6.87. The number of halogens is 1. The molecule has 0 aromatic carbocycles. The number of nitrogens with zero attached hydrogens (tertiary/aromatic N) is 2. The second-order valence-corrected chi connectivity index (χ2v) is 4.46. The van der Waals surface area contributed by atoms with Crippen molar-refractivity contribution in [3.05, 3.63) is 41.1 Å². The SMILES string of the molecule is CC(C)n1ccc(CC(=O)c2ccc(Cl)o2)n1. The van der Waals surface area contributed by atoms with Crippen LogP contribution in [-0.4, -0.2) is 15.6 Å². The van der Waals surface area contributed by atoms with Crippen molar-refractivity contribution in [2.75, 3.05) is 0 Å². The van der Waals surface area contributed by atoms with Crippen molar-refractivity contribution >= 4 is 17.4 Å². The van der Waals surface area contributed by atoms with Gasteiger partial charge in [0.05, 0.1) is 12.1 Å². The van der Waals surface area contributed by atoms with E-state index in [2.05, 4.69) is 5.10 Å². The Hall–Kier alpha value is -1.55. The number of Topliss-reactive ketones (excluding diaryl/α,β-unsaturated/α-hetero) is 1. The first-order valence-corrected chi connectivity index (χ1v) is 5.76. The summed E-state index contributed by atoms with van der Waals surface area (Å²) >= 11 is 5.61. The first kappa shape index (κ1) is 11.9. The van der Waals surface area contributed by atoms with Crippen molar-refractivity contribution in [2.24, 2.45) is 0 Å². The molecule has 0 unspecified atom stereocenters. The molecule has 0 aliphatic heterocycles. The molecule has 0 N–H and O–H groups in total. The van der Waals surface area contributed by atoms with Crippen LogP contribution in [0, 0.1) is 0 Å². The Bertz CT molecular complexity index is 528. The van der Waals surface area contributed by atoms with Crippen LogP contribution in [0.15, 0.2) is 28.8 Å². The van der Waals surface area contributed by atoms with E-state index in [1.807, 2.05) is 30.8 Å². The average Bonchev–Trinajstić information content (AvgIpc) is 2.86. The fourth-order valence-electron chi connectivity index (χ4n) is 1.48. The molecule has 0 radical (unpaired) electrons. The van der Waals surface area contributed by atoms with E-state index >= 15 is 0 Å². The zero-order valence-corrected chi connectivity index (χ0v) is 10.4. The van der Waals surface area contributed by atoms with Crippen LogP contribution in [0.5, 0.6) is 0 Å². The summed E-state index contributed by atoms with van der Waals surface area (Å²) in [6.45, 7) is 4.07. The highest BCUT2D eigenvalue weighted by Gasteiger charge is 2.13. The van der Waals surface area contributed by atoms with E-state index in [-0.39, 0.29) is 29.2 Å². The highest BCUT2D eigenvalue weighted by atomic mass is 35.5. The second kappa shape index (κ2) is 4.75. The van der Waals surface area contributed by atoms with Crippen LogP contribution >= 0.6 is 11.6 Å². The number of hydrogen-bond acceptors (Lipinski definition) is 3. The zero-order chi connectivity index (χ0) is 12.4. The zero-order valence-electron chi connectivity index (χ0n) is 9.68. The monoisotopic (exact) mass is 252 g/mol. The molecule has 17 heavy (non-hydrogen) atoms. The summed E-state index contributed by atoms with van der Waals surface area (Å²) in [4.78, 5) is 11.8. The van der Waals surface area contributed by atoms with Gasteiger partial charge >= 0.3 is 0 Å². The van der Waals surface area contributed by atoms with Crippen LogP contribution in [-0.2, 0) is 6.42 Å². The van der Waals surface area contributed by atoms with E-state index in [0.717, 1.165) is 5.69 Å². The lowest BCUT2D eigenvalue weighted by atomic mass is 10.2. The molecule has 0 fully saturated rings. The number of rotatable bonds is 4. The lowest BCUT2D eigenvalue weighted by molar-refractivity contribution is 0.0965. The molecule has 90 valence electrons. The Morgan fingerprint density at radius 2 is 2.24 bits per heavy atom. The average molecular weight is 253 g/mol. The van der Waals surface area contributed by atoms with Gasteiger partial charge in [-0.15, -0.1) is 0 Å². The molecule has 5 heteroatoms. The number of hydrogen-bond donors (Lipinski definition) is 0. The maximum absolute atomic E-state index is 11.8. The number of ketones is 1. The van der Waals surface area contributed by atoms with Gasteiger partial charge in [-0.25, -0.2) is 0 Å². The molecule has 0 saturated heterocycles. The third-order valence-electron chi connectivity index (χ3n) is 2.38. The van der Waals surface area contributed by atoms with E-state index in [9.17, 15) is 4.79 Å². The highest BCUT2D eigenvalue weighted by Crippen LogP contribution is 2.15. The van der Waals surface area contributed by atoms with Crippen LogP contribution in [0.1, 0.15) is 36.1 Å². The van der Waals surface area contributed by atoms with Gasteiger partial charge in [0.2, 0.25) is 5.78 Å². The van der Waals surface area contributed by atoms with Crippen molar-refractivity contribution in [1.29, 1.82) is 0 Å². The first-order valence-electron chi connectivity index (χ1n) is 5.39.